The molecule has 0 aliphatic rings. The minimum Gasteiger partial charge on any atom is -0.396 e. The molecule has 0 amide bonds. The zero-order chi connectivity index (χ0) is 12.7. The minimum absolute atomic E-state index is 0.646. The van der Waals surface area contributed by atoms with Crippen molar-refractivity contribution >= 4 is 11.3 Å². The fourth-order valence-corrected chi connectivity index (χ4v) is 2.04. The zero-order valence-corrected chi connectivity index (χ0v) is 10.4. The maximum Gasteiger partial charge on any atom is 0.182 e. The summed E-state index contributed by atoms with van der Waals surface area (Å²) >= 11 is 0. The van der Waals surface area contributed by atoms with Crippen LogP contribution in [0.5, 0.6) is 0 Å². The molecule has 0 aliphatic carbocycles. The molecule has 0 bridgehead atoms. The third-order valence-corrected chi connectivity index (χ3v) is 3.09. The van der Waals surface area contributed by atoms with Crippen LogP contribution in [-0.4, -0.2) is 14.6 Å². The summed E-state index contributed by atoms with van der Waals surface area (Å²) in [4.78, 5) is 4.53. The Morgan fingerprint density at radius 1 is 1.06 bits per heavy atom. The molecule has 2 heterocycles. The van der Waals surface area contributed by atoms with Crippen molar-refractivity contribution in [1.29, 1.82) is 0 Å². The average molecular weight is 238 g/mol. The first-order valence-electron chi connectivity index (χ1n) is 5.84. The Hall–Kier alpha value is -2.36. The van der Waals surface area contributed by atoms with Crippen LogP contribution < -0.4 is 5.73 Å². The van der Waals surface area contributed by atoms with Gasteiger partial charge < -0.3 is 5.73 Å². The van der Waals surface area contributed by atoms with Gasteiger partial charge in [0.15, 0.2) is 11.5 Å². The van der Waals surface area contributed by atoms with E-state index in [1.54, 1.807) is 4.52 Å². The summed E-state index contributed by atoms with van der Waals surface area (Å²) in [6.07, 6.45) is 0. The predicted molar refractivity (Wildman–Crippen MR) is 72.3 cm³/mol. The van der Waals surface area contributed by atoms with Gasteiger partial charge in [-0.05, 0) is 31.5 Å². The van der Waals surface area contributed by atoms with Crippen LogP contribution in [0.4, 0.5) is 5.69 Å². The number of aryl methyl sites for hydroxylation is 2. The van der Waals surface area contributed by atoms with E-state index in [1.807, 2.05) is 37.3 Å². The van der Waals surface area contributed by atoms with E-state index < -0.39 is 0 Å². The number of pyridine rings is 1. The van der Waals surface area contributed by atoms with Gasteiger partial charge in [-0.25, -0.2) is 9.50 Å². The van der Waals surface area contributed by atoms with Gasteiger partial charge in [0.05, 0.1) is 5.69 Å². The number of rotatable bonds is 1. The maximum atomic E-state index is 5.93. The van der Waals surface area contributed by atoms with Crippen molar-refractivity contribution in [3.05, 3.63) is 47.7 Å². The molecule has 0 saturated heterocycles. The molecule has 18 heavy (non-hydrogen) atoms. The molecule has 2 aromatic heterocycles. The SMILES string of the molecule is Cc1ccccc1-c1nc2c(N)ccc(C)n2n1. The summed E-state index contributed by atoms with van der Waals surface area (Å²) in [7, 11) is 0. The van der Waals surface area contributed by atoms with Gasteiger partial charge in [0.2, 0.25) is 0 Å². The van der Waals surface area contributed by atoms with Crippen molar-refractivity contribution in [2.75, 3.05) is 5.73 Å². The minimum atomic E-state index is 0.646. The highest BCUT2D eigenvalue weighted by atomic mass is 15.3. The number of hydrogen-bond acceptors (Lipinski definition) is 3. The van der Waals surface area contributed by atoms with Gasteiger partial charge >= 0.3 is 0 Å². The highest BCUT2D eigenvalue weighted by Gasteiger charge is 2.11. The molecule has 4 nitrogen and oxygen atoms in total. The smallest absolute Gasteiger partial charge is 0.182 e. The van der Waals surface area contributed by atoms with E-state index in [4.69, 9.17) is 5.73 Å². The van der Waals surface area contributed by atoms with Crippen molar-refractivity contribution in [3.8, 4) is 11.4 Å². The molecule has 0 atom stereocenters. The Morgan fingerprint density at radius 3 is 2.56 bits per heavy atom. The Morgan fingerprint density at radius 2 is 1.83 bits per heavy atom. The first-order chi connectivity index (χ1) is 8.66. The van der Waals surface area contributed by atoms with Gasteiger partial charge in [-0.1, -0.05) is 24.3 Å². The standard InChI is InChI=1S/C14H14N4/c1-9-5-3-4-6-11(9)13-16-14-12(15)8-7-10(2)18(14)17-13/h3-8H,15H2,1-2H3. The fraction of sp³-hybridized carbons (Fsp3) is 0.143. The Labute approximate surface area is 105 Å². The molecular formula is C14H14N4. The first-order valence-corrected chi connectivity index (χ1v) is 5.84. The summed E-state index contributed by atoms with van der Waals surface area (Å²) < 4.78 is 1.79. The average Bonchev–Trinajstić information content (AvgIpc) is 2.80. The molecule has 0 aliphatic heterocycles. The third-order valence-electron chi connectivity index (χ3n) is 3.09. The van der Waals surface area contributed by atoms with Crippen LogP contribution in [0.15, 0.2) is 36.4 Å². The van der Waals surface area contributed by atoms with Gasteiger partial charge in [-0.2, -0.15) is 0 Å². The van der Waals surface area contributed by atoms with E-state index in [-0.39, 0.29) is 0 Å². The van der Waals surface area contributed by atoms with Crippen molar-refractivity contribution in [1.82, 2.24) is 14.6 Å². The number of hydrogen-bond donors (Lipinski definition) is 1. The Bertz CT molecular complexity index is 689. The van der Waals surface area contributed by atoms with Crippen LogP contribution in [0.1, 0.15) is 11.3 Å². The zero-order valence-electron chi connectivity index (χ0n) is 10.4. The molecular weight excluding hydrogens is 224 g/mol. The molecule has 0 fully saturated rings. The highest BCUT2D eigenvalue weighted by molar-refractivity contribution is 5.69. The Kier molecular flexibility index (Phi) is 2.30. The van der Waals surface area contributed by atoms with E-state index in [1.165, 1.54) is 0 Å². The number of nitrogen functional groups attached to an aromatic ring is 1. The van der Waals surface area contributed by atoms with Crippen molar-refractivity contribution in [2.45, 2.75) is 13.8 Å². The number of fused-ring (bicyclic) bond motifs is 1. The largest absolute Gasteiger partial charge is 0.396 e. The number of aromatic nitrogens is 3. The second-order valence-electron chi connectivity index (χ2n) is 4.42. The molecule has 3 aromatic rings. The molecule has 0 spiro atoms. The molecule has 0 radical (unpaired) electrons. The molecule has 1 aromatic carbocycles. The quantitative estimate of drug-likeness (QED) is 0.709. The fourth-order valence-electron chi connectivity index (χ4n) is 2.04. The van der Waals surface area contributed by atoms with E-state index in [0.717, 1.165) is 16.8 Å². The normalized spacial score (nSPS) is 11.0. The maximum absolute atomic E-state index is 5.93. The predicted octanol–water partition coefficient (Wildman–Crippen LogP) is 2.60. The number of benzene rings is 1. The van der Waals surface area contributed by atoms with E-state index in [0.29, 0.717) is 17.2 Å². The van der Waals surface area contributed by atoms with Gasteiger partial charge in [0, 0.05) is 11.3 Å². The Balaban J connectivity index is 2.29. The highest BCUT2D eigenvalue weighted by Crippen LogP contribution is 2.22. The second kappa shape index (κ2) is 3.84. The lowest BCUT2D eigenvalue weighted by atomic mass is 10.1. The van der Waals surface area contributed by atoms with Crippen LogP contribution in [0.3, 0.4) is 0 Å². The summed E-state index contributed by atoms with van der Waals surface area (Å²) in [5, 5.41) is 4.53. The molecule has 90 valence electrons. The van der Waals surface area contributed by atoms with Gasteiger partial charge in [0.1, 0.15) is 0 Å². The topological polar surface area (TPSA) is 56.2 Å². The third kappa shape index (κ3) is 1.54. The monoisotopic (exact) mass is 238 g/mol. The molecule has 0 unspecified atom stereocenters. The lowest BCUT2D eigenvalue weighted by Gasteiger charge is -1.99. The van der Waals surface area contributed by atoms with Gasteiger partial charge in [-0.3, -0.25) is 0 Å². The van der Waals surface area contributed by atoms with Crippen LogP contribution >= 0.6 is 0 Å². The van der Waals surface area contributed by atoms with Crippen molar-refractivity contribution in [2.24, 2.45) is 0 Å². The van der Waals surface area contributed by atoms with Gasteiger partial charge in [-0.15, -0.1) is 5.10 Å². The molecule has 4 heteroatoms. The molecule has 0 saturated carbocycles. The summed E-state index contributed by atoms with van der Waals surface area (Å²) in [5.41, 5.74) is 10.5. The lowest BCUT2D eigenvalue weighted by molar-refractivity contribution is 0.919. The van der Waals surface area contributed by atoms with Crippen LogP contribution in [0.2, 0.25) is 0 Å². The van der Waals surface area contributed by atoms with E-state index in [9.17, 15) is 0 Å². The number of nitrogens with zero attached hydrogens (tertiary/aromatic N) is 3. The van der Waals surface area contributed by atoms with E-state index >= 15 is 0 Å². The lowest BCUT2D eigenvalue weighted by Crippen LogP contribution is -1.97. The van der Waals surface area contributed by atoms with Crippen molar-refractivity contribution in [3.63, 3.8) is 0 Å². The summed E-state index contributed by atoms with van der Waals surface area (Å²) in [6, 6.07) is 11.9. The summed E-state index contributed by atoms with van der Waals surface area (Å²) in [6.45, 7) is 4.04. The van der Waals surface area contributed by atoms with E-state index in [2.05, 4.69) is 23.1 Å². The summed E-state index contributed by atoms with van der Waals surface area (Å²) in [5.74, 6) is 0.717. The molecule has 2 N–H and O–H groups in total. The second-order valence-corrected chi connectivity index (χ2v) is 4.42. The first kappa shape index (κ1) is 10.8. The van der Waals surface area contributed by atoms with Crippen molar-refractivity contribution < 1.29 is 0 Å². The number of nitrogens with two attached hydrogens (primary N) is 1. The van der Waals surface area contributed by atoms with Gasteiger partial charge in [0.25, 0.3) is 0 Å². The van der Waals surface area contributed by atoms with Crippen LogP contribution in [0, 0.1) is 13.8 Å². The number of anilines is 1. The molecule has 3 rings (SSSR count). The van der Waals surface area contributed by atoms with Crippen LogP contribution in [-0.2, 0) is 0 Å². The van der Waals surface area contributed by atoms with Crippen LogP contribution in [0.25, 0.3) is 17.0 Å².